The summed E-state index contributed by atoms with van der Waals surface area (Å²) < 4.78 is 4.59. The zero-order valence-electron chi connectivity index (χ0n) is 13.7. The third kappa shape index (κ3) is 3.59. The van der Waals surface area contributed by atoms with Crippen molar-refractivity contribution >= 4 is 5.97 Å². The van der Waals surface area contributed by atoms with Crippen LogP contribution in [0.25, 0.3) is 0 Å². The predicted molar refractivity (Wildman–Crippen MR) is 86.0 cm³/mol. The van der Waals surface area contributed by atoms with Gasteiger partial charge in [-0.05, 0) is 31.0 Å². The van der Waals surface area contributed by atoms with Crippen LogP contribution in [0.1, 0.15) is 44.2 Å². The summed E-state index contributed by atoms with van der Waals surface area (Å²) >= 11 is 0. The van der Waals surface area contributed by atoms with E-state index < -0.39 is 22.6 Å². The number of phenols is 1. The van der Waals surface area contributed by atoms with Crippen LogP contribution in [0.3, 0.4) is 0 Å². The zero-order chi connectivity index (χ0) is 17.0. The summed E-state index contributed by atoms with van der Waals surface area (Å²) in [6.45, 7) is 2.81. The van der Waals surface area contributed by atoms with Gasteiger partial charge in [0.25, 0.3) is 0 Å². The molecule has 23 heavy (non-hydrogen) atoms. The van der Waals surface area contributed by atoms with E-state index in [1.165, 1.54) is 13.2 Å². The number of aliphatic carboxylic acids is 1. The summed E-state index contributed by atoms with van der Waals surface area (Å²) in [6, 6.07) is 4.03. The Morgan fingerprint density at radius 1 is 1.43 bits per heavy atom. The quantitative estimate of drug-likeness (QED) is 0.457. The molecule has 0 saturated carbocycles. The molecule has 1 aromatic rings. The van der Waals surface area contributed by atoms with Crippen molar-refractivity contribution in [1.82, 2.24) is 0 Å². The molecule has 0 aromatic heterocycles. The van der Waals surface area contributed by atoms with Gasteiger partial charge in [-0.3, -0.25) is 4.79 Å². The minimum atomic E-state index is -0.937. The number of hydrogen-bond acceptors (Lipinski definition) is 4. The summed E-state index contributed by atoms with van der Waals surface area (Å²) in [4.78, 5) is 11.6. The lowest BCUT2D eigenvalue weighted by Gasteiger charge is -2.45. The summed E-state index contributed by atoms with van der Waals surface area (Å²) in [5, 5.41) is 32.5. The minimum absolute atomic E-state index is 0.0175. The molecular formula is C17H25NO5. The Bertz CT molecular complexity index is 562. The molecule has 1 saturated heterocycles. The number of methoxy groups -OCH3 is 1. The number of rotatable bonds is 7. The average Bonchev–Trinajstić information content (AvgIpc) is 2.86. The molecule has 0 spiro atoms. The number of phenolic OH excluding ortho intramolecular Hbond substituents is 1. The Morgan fingerprint density at radius 3 is 2.78 bits per heavy atom. The maximum absolute atomic E-state index is 13.3. The van der Waals surface area contributed by atoms with Gasteiger partial charge >= 0.3 is 5.97 Å². The fraction of sp³-hybridized carbons (Fsp3) is 0.588. The zero-order valence-corrected chi connectivity index (χ0v) is 13.7. The molecule has 0 amide bonds. The SMILES string of the molecule is CCCCC[N+]1([O-])CCC(C(=O)O)C1c1ccc(O)c(OC)c1. The van der Waals surface area contributed by atoms with Crippen LogP contribution in [0.2, 0.25) is 0 Å². The van der Waals surface area contributed by atoms with Crippen molar-refractivity contribution in [1.29, 1.82) is 0 Å². The molecule has 2 rings (SSSR count). The number of nitrogens with zero attached hydrogens (tertiary/aromatic N) is 1. The number of likely N-dealkylation sites (tertiary alicyclic amines) is 1. The number of carbonyl (C=O) groups is 1. The molecule has 1 heterocycles. The standard InChI is InChI=1S/C17H25NO5/c1-3-4-5-9-18(22)10-8-13(17(20)21)16(18)12-6-7-14(19)15(11-12)23-2/h6-7,11,13,16,19H,3-5,8-10H2,1-2H3,(H,20,21). The van der Waals surface area contributed by atoms with E-state index in [1.54, 1.807) is 12.1 Å². The Kier molecular flexibility index (Phi) is 5.49. The number of aromatic hydroxyl groups is 1. The van der Waals surface area contributed by atoms with E-state index in [0.29, 0.717) is 25.1 Å². The molecule has 0 radical (unpaired) electrons. The van der Waals surface area contributed by atoms with E-state index in [2.05, 4.69) is 6.92 Å². The summed E-state index contributed by atoms with van der Waals surface area (Å²) in [5.41, 5.74) is 0.621. The van der Waals surface area contributed by atoms with Crippen LogP contribution >= 0.6 is 0 Å². The lowest BCUT2D eigenvalue weighted by Crippen LogP contribution is -2.44. The first-order valence-corrected chi connectivity index (χ1v) is 8.10. The van der Waals surface area contributed by atoms with E-state index in [-0.39, 0.29) is 11.5 Å². The van der Waals surface area contributed by atoms with Gasteiger partial charge in [-0.15, -0.1) is 0 Å². The van der Waals surface area contributed by atoms with Crippen molar-refractivity contribution in [2.75, 3.05) is 20.2 Å². The monoisotopic (exact) mass is 323 g/mol. The van der Waals surface area contributed by atoms with Gasteiger partial charge in [-0.25, -0.2) is 0 Å². The molecule has 2 N–H and O–H groups in total. The van der Waals surface area contributed by atoms with Crippen LogP contribution < -0.4 is 4.74 Å². The maximum atomic E-state index is 13.3. The minimum Gasteiger partial charge on any atom is -0.632 e. The van der Waals surface area contributed by atoms with Gasteiger partial charge in [0, 0.05) is 12.0 Å². The Balaban J connectivity index is 2.36. The van der Waals surface area contributed by atoms with Gasteiger partial charge in [0.1, 0.15) is 12.0 Å². The van der Waals surface area contributed by atoms with E-state index in [4.69, 9.17) is 4.74 Å². The number of unbranched alkanes of at least 4 members (excludes halogenated alkanes) is 2. The van der Waals surface area contributed by atoms with Gasteiger partial charge in [0.2, 0.25) is 0 Å². The number of benzene rings is 1. The molecule has 1 aliphatic rings. The fourth-order valence-corrected chi connectivity index (χ4v) is 3.50. The average molecular weight is 323 g/mol. The number of hydroxylamine groups is 3. The van der Waals surface area contributed by atoms with Crippen LogP contribution in [-0.4, -0.2) is 41.0 Å². The van der Waals surface area contributed by atoms with Gasteiger partial charge < -0.3 is 24.8 Å². The highest BCUT2D eigenvalue weighted by molar-refractivity contribution is 5.71. The van der Waals surface area contributed by atoms with E-state index in [1.807, 2.05) is 0 Å². The Labute approximate surface area is 136 Å². The fourth-order valence-electron chi connectivity index (χ4n) is 3.50. The molecule has 1 aromatic carbocycles. The molecule has 128 valence electrons. The lowest BCUT2D eigenvalue weighted by molar-refractivity contribution is -0.900. The van der Waals surface area contributed by atoms with Gasteiger partial charge in [-0.2, -0.15) is 0 Å². The molecule has 1 fully saturated rings. The highest BCUT2D eigenvalue weighted by atomic mass is 16.5. The Morgan fingerprint density at radius 2 is 2.17 bits per heavy atom. The molecule has 1 aliphatic heterocycles. The van der Waals surface area contributed by atoms with Gasteiger partial charge in [-0.1, -0.05) is 13.3 Å². The normalized spacial score (nSPS) is 27.1. The smallest absolute Gasteiger partial charge is 0.313 e. The molecule has 3 atom stereocenters. The van der Waals surface area contributed by atoms with Crippen molar-refractivity contribution in [3.05, 3.63) is 29.0 Å². The highest BCUT2D eigenvalue weighted by Gasteiger charge is 2.47. The number of hydrogen-bond donors (Lipinski definition) is 2. The maximum Gasteiger partial charge on any atom is 0.313 e. The van der Waals surface area contributed by atoms with Gasteiger partial charge in [0.05, 0.1) is 20.2 Å². The Hall–Kier alpha value is -1.79. The second-order valence-electron chi connectivity index (χ2n) is 6.22. The first-order valence-electron chi connectivity index (χ1n) is 8.10. The largest absolute Gasteiger partial charge is 0.632 e. The molecule has 0 aliphatic carbocycles. The van der Waals surface area contributed by atoms with Crippen LogP contribution in [0.5, 0.6) is 11.5 Å². The van der Waals surface area contributed by atoms with Crippen molar-refractivity contribution in [3.63, 3.8) is 0 Å². The molecule has 0 bridgehead atoms. The topological polar surface area (TPSA) is 89.8 Å². The van der Waals surface area contributed by atoms with Crippen LogP contribution in [-0.2, 0) is 4.79 Å². The molecular weight excluding hydrogens is 298 g/mol. The first-order chi connectivity index (χ1) is 10.9. The highest BCUT2D eigenvalue weighted by Crippen LogP contribution is 2.45. The van der Waals surface area contributed by atoms with Crippen molar-refractivity contribution in [2.45, 2.75) is 38.6 Å². The predicted octanol–water partition coefficient (Wildman–Crippen LogP) is 3.05. The third-order valence-corrected chi connectivity index (χ3v) is 4.71. The molecule has 6 heteroatoms. The number of ether oxygens (including phenoxy) is 1. The number of quaternary nitrogens is 1. The van der Waals surface area contributed by atoms with Gasteiger partial charge in [0.15, 0.2) is 11.5 Å². The molecule has 3 unspecified atom stereocenters. The van der Waals surface area contributed by atoms with E-state index in [0.717, 1.165) is 19.3 Å². The van der Waals surface area contributed by atoms with Crippen molar-refractivity contribution in [3.8, 4) is 11.5 Å². The van der Waals surface area contributed by atoms with Crippen LogP contribution in [0.4, 0.5) is 0 Å². The summed E-state index contributed by atoms with van der Waals surface area (Å²) in [7, 11) is 1.43. The second kappa shape index (κ2) is 7.19. The van der Waals surface area contributed by atoms with Crippen LogP contribution in [0, 0.1) is 11.1 Å². The first kappa shape index (κ1) is 17.6. The van der Waals surface area contributed by atoms with Crippen molar-refractivity contribution in [2.24, 2.45) is 5.92 Å². The second-order valence-corrected chi connectivity index (χ2v) is 6.22. The van der Waals surface area contributed by atoms with E-state index >= 15 is 0 Å². The number of carboxylic acid groups (broad SMARTS) is 1. The summed E-state index contributed by atoms with van der Waals surface area (Å²) in [6.07, 6.45) is 3.14. The van der Waals surface area contributed by atoms with E-state index in [9.17, 15) is 20.2 Å². The third-order valence-electron chi connectivity index (χ3n) is 4.71. The molecule has 6 nitrogen and oxygen atoms in total. The van der Waals surface area contributed by atoms with Crippen molar-refractivity contribution < 1.29 is 24.4 Å². The number of carboxylic acids is 1. The lowest BCUT2D eigenvalue weighted by atomic mass is 9.93. The summed E-state index contributed by atoms with van der Waals surface area (Å²) in [5.74, 6) is -1.40. The van der Waals surface area contributed by atoms with Crippen LogP contribution in [0.15, 0.2) is 18.2 Å².